The molecule has 1 aromatic rings. The van der Waals surface area contributed by atoms with Crippen LogP contribution in [0, 0.1) is 0 Å². The third-order valence-corrected chi connectivity index (χ3v) is 10.1. The van der Waals surface area contributed by atoms with Gasteiger partial charge >= 0.3 is 6.09 Å². The zero-order chi connectivity index (χ0) is 18.7. The maximum atomic E-state index is 12.6. The number of amides is 1. The molecular weight excluding hydrogens is 330 g/mol. The molecule has 0 saturated carbocycles. The molecule has 1 saturated heterocycles. The number of hydrogen-bond acceptors (Lipinski definition) is 3. The fraction of sp³-hybridized carbons (Fsp3) is 0.650. The second-order valence-corrected chi connectivity index (χ2v) is 13.4. The molecule has 1 fully saturated rings. The molecule has 2 rings (SSSR count). The molecule has 4 nitrogen and oxygen atoms in total. The largest absolute Gasteiger partial charge is 0.445 e. The smallest absolute Gasteiger partial charge is 0.410 e. The van der Waals surface area contributed by atoms with E-state index in [9.17, 15) is 4.79 Å². The summed E-state index contributed by atoms with van der Waals surface area (Å²) in [6, 6.07) is 10.1. The van der Waals surface area contributed by atoms with Gasteiger partial charge < -0.3 is 14.1 Å². The molecule has 1 aliphatic heterocycles. The minimum absolute atomic E-state index is 0.118. The van der Waals surface area contributed by atoms with Gasteiger partial charge in [0.2, 0.25) is 0 Å². The van der Waals surface area contributed by atoms with Gasteiger partial charge in [0.25, 0.3) is 0 Å². The third-order valence-electron chi connectivity index (χ3n) is 5.64. The average Bonchev–Trinajstić information content (AvgIpc) is 2.91. The van der Waals surface area contributed by atoms with Crippen LogP contribution in [0.1, 0.15) is 46.1 Å². The molecule has 1 heterocycles. The highest BCUT2D eigenvalue weighted by Gasteiger charge is 2.41. The molecule has 1 aliphatic rings. The van der Waals surface area contributed by atoms with Crippen molar-refractivity contribution in [3.05, 3.63) is 35.9 Å². The first-order valence-electron chi connectivity index (χ1n) is 9.25. The Morgan fingerprint density at radius 1 is 1.20 bits per heavy atom. The van der Waals surface area contributed by atoms with Crippen LogP contribution < -0.4 is 0 Å². The van der Waals surface area contributed by atoms with Crippen LogP contribution in [0.2, 0.25) is 18.1 Å². The van der Waals surface area contributed by atoms with Gasteiger partial charge in [-0.1, -0.05) is 51.1 Å². The Balaban J connectivity index is 1.94. The van der Waals surface area contributed by atoms with Crippen LogP contribution >= 0.6 is 0 Å². The Morgan fingerprint density at radius 3 is 2.44 bits per heavy atom. The van der Waals surface area contributed by atoms with E-state index < -0.39 is 8.32 Å². The quantitative estimate of drug-likeness (QED) is 0.675. The molecule has 0 aliphatic carbocycles. The standard InChI is InChI=1S/C20H33NO3Si/c1-16-12-13-18(15-24-25(5,6)20(2,3)4)21(16)19(22)23-14-17-10-8-7-9-11-17/h7-11,16,18H,12-15H2,1-6H3/t16-,18+/m1/s1. The lowest BCUT2D eigenvalue weighted by molar-refractivity contribution is 0.0689. The molecule has 0 unspecified atom stereocenters. The van der Waals surface area contributed by atoms with Crippen molar-refractivity contribution in [2.45, 2.75) is 77.4 Å². The van der Waals surface area contributed by atoms with E-state index in [1.165, 1.54) is 0 Å². The fourth-order valence-electron chi connectivity index (χ4n) is 2.88. The van der Waals surface area contributed by atoms with E-state index in [1.807, 2.05) is 35.2 Å². The van der Waals surface area contributed by atoms with Gasteiger partial charge in [-0.05, 0) is 43.5 Å². The summed E-state index contributed by atoms with van der Waals surface area (Å²) in [5.74, 6) is 0. The molecular formula is C20H33NO3Si. The maximum Gasteiger partial charge on any atom is 0.410 e. The summed E-state index contributed by atoms with van der Waals surface area (Å²) in [7, 11) is -1.81. The van der Waals surface area contributed by atoms with Crippen LogP contribution in [-0.4, -0.2) is 38.0 Å². The van der Waals surface area contributed by atoms with E-state index in [2.05, 4.69) is 40.8 Å². The number of nitrogens with zero attached hydrogens (tertiary/aromatic N) is 1. The first-order chi connectivity index (χ1) is 11.6. The Kier molecular flexibility index (Phi) is 6.33. The maximum absolute atomic E-state index is 12.6. The third kappa shape index (κ3) is 5.08. The van der Waals surface area contributed by atoms with Gasteiger partial charge in [0.15, 0.2) is 8.32 Å². The number of hydrogen-bond donors (Lipinski definition) is 0. The topological polar surface area (TPSA) is 38.8 Å². The highest BCUT2D eigenvalue weighted by molar-refractivity contribution is 6.74. The minimum Gasteiger partial charge on any atom is -0.445 e. The normalized spacial score (nSPS) is 21.4. The van der Waals surface area contributed by atoms with Crippen LogP contribution in [-0.2, 0) is 15.8 Å². The van der Waals surface area contributed by atoms with Crippen molar-refractivity contribution < 1.29 is 14.0 Å². The second-order valence-electron chi connectivity index (χ2n) is 8.60. The molecule has 0 radical (unpaired) electrons. The molecule has 1 aromatic carbocycles. The number of benzene rings is 1. The molecule has 2 atom stereocenters. The first kappa shape index (κ1) is 20.0. The molecule has 1 amide bonds. The van der Waals surface area contributed by atoms with Gasteiger partial charge in [-0.2, -0.15) is 0 Å². The van der Waals surface area contributed by atoms with Crippen LogP contribution in [0.4, 0.5) is 4.79 Å². The zero-order valence-electron chi connectivity index (χ0n) is 16.5. The van der Waals surface area contributed by atoms with Crippen molar-refractivity contribution in [2.75, 3.05) is 6.61 Å². The van der Waals surface area contributed by atoms with E-state index >= 15 is 0 Å². The molecule has 0 N–H and O–H groups in total. The summed E-state index contributed by atoms with van der Waals surface area (Å²) >= 11 is 0. The summed E-state index contributed by atoms with van der Waals surface area (Å²) < 4.78 is 11.9. The average molecular weight is 364 g/mol. The van der Waals surface area contributed by atoms with E-state index in [0.717, 1.165) is 18.4 Å². The van der Waals surface area contributed by atoms with Crippen LogP contribution in [0.5, 0.6) is 0 Å². The van der Waals surface area contributed by atoms with Crippen molar-refractivity contribution in [2.24, 2.45) is 0 Å². The minimum atomic E-state index is -1.81. The van der Waals surface area contributed by atoms with E-state index in [1.54, 1.807) is 0 Å². The van der Waals surface area contributed by atoms with Crippen molar-refractivity contribution in [1.29, 1.82) is 0 Å². The van der Waals surface area contributed by atoms with E-state index in [4.69, 9.17) is 9.16 Å². The Bertz CT molecular complexity index is 568. The summed E-state index contributed by atoms with van der Waals surface area (Å²) in [6.07, 6.45) is 1.76. The first-order valence-corrected chi connectivity index (χ1v) is 12.2. The Hall–Kier alpha value is -1.33. The molecule has 0 bridgehead atoms. The van der Waals surface area contributed by atoms with Gasteiger partial charge in [-0.25, -0.2) is 4.79 Å². The predicted molar refractivity (Wildman–Crippen MR) is 104 cm³/mol. The van der Waals surface area contributed by atoms with Crippen molar-refractivity contribution in [1.82, 2.24) is 4.90 Å². The van der Waals surface area contributed by atoms with Crippen molar-refractivity contribution in [3.63, 3.8) is 0 Å². The number of carbonyl (C=O) groups is 1. The zero-order valence-corrected chi connectivity index (χ0v) is 17.5. The summed E-state index contributed by atoms with van der Waals surface area (Å²) in [5, 5.41) is 0.176. The van der Waals surface area contributed by atoms with Crippen LogP contribution in [0.3, 0.4) is 0 Å². The lowest BCUT2D eigenvalue weighted by Crippen LogP contribution is -2.47. The molecule has 5 heteroatoms. The summed E-state index contributed by atoms with van der Waals surface area (Å²) in [6.45, 7) is 14.2. The monoisotopic (exact) mass is 363 g/mol. The van der Waals surface area contributed by atoms with Gasteiger partial charge in [0, 0.05) is 6.04 Å². The Labute approximate surface area is 153 Å². The van der Waals surface area contributed by atoms with Crippen molar-refractivity contribution >= 4 is 14.4 Å². The highest BCUT2D eigenvalue weighted by atomic mass is 28.4. The van der Waals surface area contributed by atoms with Gasteiger partial charge in [-0.15, -0.1) is 0 Å². The highest BCUT2D eigenvalue weighted by Crippen LogP contribution is 2.37. The van der Waals surface area contributed by atoms with E-state index in [-0.39, 0.29) is 23.2 Å². The Morgan fingerprint density at radius 2 is 1.84 bits per heavy atom. The molecule has 0 spiro atoms. The number of rotatable bonds is 5. The van der Waals surface area contributed by atoms with Crippen LogP contribution in [0.25, 0.3) is 0 Å². The van der Waals surface area contributed by atoms with Gasteiger partial charge in [-0.3, -0.25) is 0 Å². The number of carbonyl (C=O) groups excluding carboxylic acids is 1. The van der Waals surface area contributed by atoms with Crippen molar-refractivity contribution in [3.8, 4) is 0 Å². The lowest BCUT2D eigenvalue weighted by atomic mass is 10.2. The molecule has 25 heavy (non-hydrogen) atoms. The lowest BCUT2D eigenvalue weighted by Gasteiger charge is -2.38. The molecule has 140 valence electrons. The fourth-order valence-corrected chi connectivity index (χ4v) is 3.92. The van der Waals surface area contributed by atoms with Gasteiger partial charge in [0.05, 0.1) is 12.6 Å². The van der Waals surface area contributed by atoms with E-state index in [0.29, 0.717) is 13.2 Å². The molecule has 0 aromatic heterocycles. The summed E-state index contributed by atoms with van der Waals surface area (Å²) in [4.78, 5) is 14.5. The number of likely N-dealkylation sites (tertiary alicyclic amines) is 1. The van der Waals surface area contributed by atoms with Gasteiger partial charge in [0.1, 0.15) is 6.61 Å². The predicted octanol–water partition coefficient (Wildman–Crippen LogP) is 5.20. The second kappa shape index (κ2) is 7.91. The van der Waals surface area contributed by atoms with Crippen LogP contribution in [0.15, 0.2) is 30.3 Å². The summed E-state index contributed by atoms with van der Waals surface area (Å²) in [5.41, 5.74) is 1.01. The SMILES string of the molecule is C[C@@H]1CC[C@@H](CO[Si](C)(C)C(C)(C)C)N1C(=O)OCc1ccccc1. The number of ether oxygens (including phenoxy) is 1.